The van der Waals surface area contributed by atoms with E-state index < -0.39 is 10.2 Å². The van der Waals surface area contributed by atoms with Crippen molar-refractivity contribution in [3.63, 3.8) is 0 Å². The molecule has 1 atom stereocenters. The van der Waals surface area contributed by atoms with E-state index in [1.54, 1.807) is 0 Å². The maximum atomic E-state index is 13.0. The van der Waals surface area contributed by atoms with Gasteiger partial charge in [-0.1, -0.05) is 35.9 Å². The predicted molar refractivity (Wildman–Crippen MR) is 105 cm³/mol. The second kappa shape index (κ2) is 8.67. The predicted octanol–water partition coefficient (Wildman–Crippen LogP) is 0.401. The largest absolute Gasteiger partial charge is 0.330 e. The van der Waals surface area contributed by atoms with Crippen molar-refractivity contribution in [3.05, 3.63) is 70.9 Å². The minimum Gasteiger partial charge on any atom is -0.330 e. The quantitative estimate of drug-likeness (QED) is 0.688. The highest BCUT2D eigenvalue weighted by Gasteiger charge is 2.29. The molecule has 2 aromatic rings. The van der Waals surface area contributed by atoms with Crippen molar-refractivity contribution >= 4 is 22.4 Å². The molecule has 0 aliphatic carbocycles. The molecule has 2 aromatic carbocycles. The maximum Gasteiger partial charge on any atom is 0.169 e. The summed E-state index contributed by atoms with van der Waals surface area (Å²) in [5.41, 5.74) is 4.38. The zero-order valence-corrected chi connectivity index (χ0v) is 17.7. The van der Waals surface area contributed by atoms with E-state index in [0.29, 0.717) is 13.1 Å². The fourth-order valence-corrected chi connectivity index (χ4v) is 3.68. The molecule has 0 saturated carbocycles. The van der Waals surface area contributed by atoms with Gasteiger partial charge in [-0.05, 0) is 55.3 Å². The molecule has 1 N–H and O–H groups in total. The molecule has 30 heavy (non-hydrogen) atoms. The van der Waals surface area contributed by atoms with E-state index in [0.717, 1.165) is 22.5 Å². The molecule has 158 valence electrons. The minimum absolute atomic E-state index is 0.0956. The SMILES string of the molecule is CC1=CC2=NCC(C(=O)c3ccc4cc(C)ccc4c3)CN2C(C)=C1.[O-][Cl+3]([O-])([O-])O. The molecular weight excluding hydrogens is 408 g/mol. The summed E-state index contributed by atoms with van der Waals surface area (Å²) < 4.78 is 32.7. The van der Waals surface area contributed by atoms with Crippen LogP contribution in [0, 0.1) is 23.1 Å². The smallest absolute Gasteiger partial charge is 0.169 e. The molecule has 0 radical (unpaired) electrons. The Kier molecular flexibility index (Phi) is 6.40. The van der Waals surface area contributed by atoms with Crippen molar-refractivity contribution < 1.29 is 33.7 Å². The molecule has 4 rings (SSSR count). The lowest BCUT2D eigenvalue weighted by Gasteiger charge is -2.35. The Balaban J connectivity index is 0.000000461. The molecule has 0 spiro atoms. The molecule has 7 nitrogen and oxygen atoms in total. The Morgan fingerprint density at radius 2 is 1.70 bits per heavy atom. The van der Waals surface area contributed by atoms with Crippen molar-refractivity contribution in [3.8, 4) is 0 Å². The van der Waals surface area contributed by atoms with Gasteiger partial charge in [-0.2, -0.15) is 14.0 Å². The Bertz CT molecular complexity index is 1060. The van der Waals surface area contributed by atoms with Gasteiger partial charge < -0.3 is 4.90 Å². The van der Waals surface area contributed by atoms with Crippen LogP contribution in [-0.4, -0.2) is 34.3 Å². The molecule has 0 fully saturated rings. The van der Waals surface area contributed by atoms with E-state index in [4.69, 9.17) is 18.6 Å². The van der Waals surface area contributed by atoms with Crippen LogP contribution in [0.4, 0.5) is 0 Å². The number of Topliss-reactive ketones (excluding diaryl/α,β-unsaturated/α-hetero) is 1. The number of benzene rings is 2. The van der Waals surface area contributed by atoms with Crippen LogP contribution in [0.3, 0.4) is 0 Å². The van der Waals surface area contributed by atoms with Crippen LogP contribution in [0.1, 0.15) is 29.8 Å². The van der Waals surface area contributed by atoms with Gasteiger partial charge in [-0.25, -0.2) is 0 Å². The van der Waals surface area contributed by atoms with Gasteiger partial charge in [0.2, 0.25) is 0 Å². The van der Waals surface area contributed by atoms with E-state index in [1.165, 1.54) is 16.5 Å². The third-order valence-corrected chi connectivity index (χ3v) is 5.02. The fraction of sp³-hybridized carbons (Fsp3) is 0.273. The number of hydrogen-bond acceptors (Lipinski definition) is 7. The number of ketones is 1. The van der Waals surface area contributed by atoms with Gasteiger partial charge >= 0.3 is 0 Å². The summed E-state index contributed by atoms with van der Waals surface area (Å²) in [4.78, 5) is 19.8. The minimum atomic E-state index is -4.69. The number of fused-ring (bicyclic) bond motifs is 2. The number of aliphatic imine (C=N–C) groups is 1. The van der Waals surface area contributed by atoms with Crippen LogP contribution in [0.5, 0.6) is 0 Å². The second-order valence-electron chi connectivity index (χ2n) is 7.51. The van der Waals surface area contributed by atoms with E-state index in [9.17, 15) is 4.79 Å². The standard InChI is InChI=1S/C22H22N2O.ClHO4/c1-14-4-5-18-11-19(7-6-17(18)9-14)22(25)20-12-23-21-10-15(2)8-16(3)24(21)13-20;2-1(3,4)5/h4-11,20H,12-13H2,1-3H3;(H,2,3,4,5). The monoisotopic (exact) mass is 430 g/mol. The zero-order chi connectivity index (χ0) is 22.1. The summed E-state index contributed by atoms with van der Waals surface area (Å²) in [5.74, 6) is 1.07. The summed E-state index contributed by atoms with van der Waals surface area (Å²) in [7, 11) is -4.69. The fourth-order valence-electron chi connectivity index (χ4n) is 3.68. The average molecular weight is 431 g/mol. The van der Waals surface area contributed by atoms with E-state index >= 15 is 0 Å². The average Bonchev–Trinajstić information content (AvgIpc) is 2.65. The van der Waals surface area contributed by atoms with Gasteiger partial charge in [-0.15, -0.1) is 0 Å². The van der Waals surface area contributed by atoms with Gasteiger partial charge in [0.1, 0.15) is 5.84 Å². The molecule has 0 saturated heterocycles. The highest BCUT2D eigenvalue weighted by molar-refractivity contribution is 6.03. The third-order valence-electron chi connectivity index (χ3n) is 5.02. The number of amidine groups is 1. The summed E-state index contributed by atoms with van der Waals surface area (Å²) in [6.45, 7) is 7.51. The normalized spacial score (nSPS) is 18.6. The van der Waals surface area contributed by atoms with Crippen LogP contribution >= 0.6 is 0 Å². The van der Waals surface area contributed by atoms with Crippen LogP contribution in [0.25, 0.3) is 10.8 Å². The number of nitrogens with zero attached hydrogens (tertiary/aromatic N) is 2. The highest BCUT2D eigenvalue weighted by atomic mass is 35.7. The van der Waals surface area contributed by atoms with Crippen molar-refractivity contribution in [1.82, 2.24) is 4.90 Å². The highest BCUT2D eigenvalue weighted by Crippen LogP contribution is 2.25. The number of carbonyl (C=O) groups is 1. The van der Waals surface area contributed by atoms with Crippen LogP contribution < -0.4 is 14.0 Å². The third kappa shape index (κ3) is 5.53. The first-order valence-electron chi connectivity index (χ1n) is 9.38. The number of aryl methyl sites for hydroxylation is 1. The molecule has 2 aliphatic rings. The molecule has 0 aromatic heterocycles. The first-order valence-corrected chi connectivity index (χ1v) is 10.6. The Hall–Kier alpha value is -2.55. The number of allylic oxidation sites excluding steroid dienone is 3. The Labute approximate surface area is 177 Å². The van der Waals surface area contributed by atoms with Crippen molar-refractivity contribution in [1.29, 1.82) is 0 Å². The topological polar surface area (TPSA) is 122 Å². The molecule has 8 heteroatoms. The van der Waals surface area contributed by atoms with Crippen LogP contribution in [-0.2, 0) is 0 Å². The van der Waals surface area contributed by atoms with Crippen molar-refractivity contribution in [2.45, 2.75) is 20.8 Å². The number of halogens is 1. The summed E-state index contributed by atoms with van der Waals surface area (Å²) in [6, 6.07) is 12.3. The summed E-state index contributed by atoms with van der Waals surface area (Å²) in [5, 5.41) is 2.29. The lowest BCUT2D eigenvalue weighted by molar-refractivity contribution is -1.92. The van der Waals surface area contributed by atoms with E-state index in [2.05, 4.69) is 61.0 Å². The number of rotatable bonds is 2. The molecule has 1 unspecified atom stereocenters. The zero-order valence-electron chi connectivity index (χ0n) is 17.0. The van der Waals surface area contributed by atoms with Crippen LogP contribution in [0.15, 0.2) is 64.8 Å². The van der Waals surface area contributed by atoms with Crippen LogP contribution in [0.2, 0.25) is 0 Å². The summed E-state index contributed by atoms with van der Waals surface area (Å²) in [6.07, 6.45) is 4.23. The van der Waals surface area contributed by atoms with Gasteiger partial charge in [-0.3, -0.25) is 9.79 Å². The van der Waals surface area contributed by atoms with Gasteiger partial charge in [0.05, 0.1) is 27.4 Å². The molecular formula is C22H23ClN2O5. The molecule has 2 heterocycles. The number of carbonyl (C=O) groups excluding carboxylic acids is 1. The Morgan fingerprint density at radius 3 is 2.40 bits per heavy atom. The second-order valence-corrected chi connectivity index (χ2v) is 8.30. The van der Waals surface area contributed by atoms with Crippen molar-refractivity contribution in [2.75, 3.05) is 13.1 Å². The van der Waals surface area contributed by atoms with Gasteiger partial charge in [0.15, 0.2) is 5.78 Å². The first-order chi connectivity index (χ1) is 14.0. The Morgan fingerprint density at radius 1 is 1.07 bits per heavy atom. The first kappa shape index (κ1) is 22.1. The molecule has 2 aliphatic heterocycles. The molecule has 0 bridgehead atoms. The lowest BCUT2D eigenvalue weighted by atomic mass is 9.93. The van der Waals surface area contributed by atoms with E-state index in [1.807, 2.05) is 18.2 Å². The van der Waals surface area contributed by atoms with E-state index in [-0.39, 0.29) is 11.7 Å². The molecule has 0 amide bonds. The summed E-state index contributed by atoms with van der Waals surface area (Å²) >= 11 is 0. The van der Waals surface area contributed by atoms with Gasteiger partial charge in [0.25, 0.3) is 0 Å². The van der Waals surface area contributed by atoms with Gasteiger partial charge in [0, 0.05) is 17.8 Å². The maximum absolute atomic E-state index is 13.0. The lowest BCUT2D eigenvalue weighted by Crippen LogP contribution is -2.58. The number of hydrogen-bond donors (Lipinski definition) is 1. The van der Waals surface area contributed by atoms with Crippen molar-refractivity contribution in [2.24, 2.45) is 10.9 Å².